The molecule has 0 saturated heterocycles. The van der Waals surface area contributed by atoms with Gasteiger partial charge in [-0.15, -0.1) is 11.3 Å². The maximum Gasteiger partial charge on any atom is 0.304 e. The number of aliphatic carboxylic acids is 1. The van der Waals surface area contributed by atoms with Gasteiger partial charge in [-0.1, -0.05) is 0 Å². The summed E-state index contributed by atoms with van der Waals surface area (Å²) in [6.07, 6.45) is 2.31. The van der Waals surface area contributed by atoms with Crippen LogP contribution in [0.4, 0.5) is 0 Å². The highest BCUT2D eigenvalue weighted by molar-refractivity contribution is 9.11. The summed E-state index contributed by atoms with van der Waals surface area (Å²) in [5, 5.41) is 10.8. The third kappa shape index (κ3) is 1.79. The smallest absolute Gasteiger partial charge is 0.304 e. The SMILES string of the molecule is O=C(O)CC1(c2csc(Br)c2)CC1. The first-order chi connectivity index (χ1) is 6.12. The molecule has 0 aliphatic heterocycles. The van der Waals surface area contributed by atoms with E-state index in [1.807, 2.05) is 6.07 Å². The van der Waals surface area contributed by atoms with E-state index in [4.69, 9.17) is 5.11 Å². The number of carbonyl (C=O) groups is 1. The Balaban J connectivity index is 2.20. The van der Waals surface area contributed by atoms with Gasteiger partial charge >= 0.3 is 5.97 Å². The minimum absolute atomic E-state index is 0.0334. The Labute approximate surface area is 88.7 Å². The zero-order valence-corrected chi connectivity index (χ0v) is 9.32. The second-order valence-corrected chi connectivity index (χ2v) is 5.78. The maximum atomic E-state index is 10.6. The highest BCUT2D eigenvalue weighted by atomic mass is 79.9. The van der Waals surface area contributed by atoms with Gasteiger partial charge in [0.1, 0.15) is 0 Å². The molecule has 2 nitrogen and oxygen atoms in total. The molecule has 0 radical (unpaired) electrons. The van der Waals surface area contributed by atoms with Crippen LogP contribution in [0.3, 0.4) is 0 Å². The average molecular weight is 261 g/mol. The summed E-state index contributed by atoms with van der Waals surface area (Å²) in [4.78, 5) is 10.6. The summed E-state index contributed by atoms with van der Waals surface area (Å²) in [5.74, 6) is -0.695. The van der Waals surface area contributed by atoms with Crippen LogP contribution < -0.4 is 0 Å². The second-order valence-electron chi connectivity index (χ2n) is 3.49. The first-order valence-electron chi connectivity index (χ1n) is 4.09. The van der Waals surface area contributed by atoms with Crippen LogP contribution in [0, 0.1) is 0 Å². The average Bonchev–Trinajstić information content (AvgIpc) is 2.65. The fourth-order valence-electron chi connectivity index (χ4n) is 1.60. The molecule has 0 unspecified atom stereocenters. The van der Waals surface area contributed by atoms with Gasteiger partial charge in [-0.3, -0.25) is 4.79 Å². The van der Waals surface area contributed by atoms with Crippen LogP contribution in [-0.2, 0) is 10.2 Å². The second kappa shape index (κ2) is 3.10. The zero-order chi connectivity index (χ0) is 9.47. The minimum Gasteiger partial charge on any atom is -0.481 e. The quantitative estimate of drug-likeness (QED) is 0.908. The molecule has 1 aromatic heterocycles. The molecule has 1 N–H and O–H groups in total. The van der Waals surface area contributed by atoms with Crippen LogP contribution in [0.1, 0.15) is 24.8 Å². The Bertz CT molecular complexity index is 341. The van der Waals surface area contributed by atoms with Crippen LogP contribution in [0.15, 0.2) is 15.2 Å². The molecule has 70 valence electrons. The summed E-state index contributed by atoms with van der Waals surface area (Å²) in [6, 6.07) is 2.04. The van der Waals surface area contributed by atoms with Gasteiger partial charge in [0.05, 0.1) is 10.2 Å². The number of hydrogen-bond acceptors (Lipinski definition) is 2. The van der Waals surface area contributed by atoms with E-state index in [9.17, 15) is 4.79 Å². The molecule has 1 heterocycles. The predicted molar refractivity (Wildman–Crippen MR) is 55.2 cm³/mol. The summed E-state index contributed by atoms with van der Waals surface area (Å²) in [7, 11) is 0. The van der Waals surface area contributed by atoms with Crippen molar-refractivity contribution in [1.82, 2.24) is 0 Å². The van der Waals surface area contributed by atoms with Gasteiger partial charge in [0.25, 0.3) is 0 Å². The third-order valence-electron chi connectivity index (χ3n) is 2.52. The summed E-state index contributed by atoms with van der Waals surface area (Å²) in [6.45, 7) is 0. The Morgan fingerprint density at radius 3 is 2.77 bits per heavy atom. The Hall–Kier alpha value is -0.350. The number of thiophene rings is 1. The monoisotopic (exact) mass is 260 g/mol. The van der Waals surface area contributed by atoms with Crippen molar-refractivity contribution in [3.63, 3.8) is 0 Å². The van der Waals surface area contributed by atoms with Crippen LogP contribution in [0.5, 0.6) is 0 Å². The largest absolute Gasteiger partial charge is 0.481 e. The number of carboxylic acid groups (broad SMARTS) is 1. The molecule has 2 rings (SSSR count). The van der Waals surface area contributed by atoms with Crippen molar-refractivity contribution in [3.05, 3.63) is 20.8 Å². The van der Waals surface area contributed by atoms with Crippen molar-refractivity contribution in [2.45, 2.75) is 24.7 Å². The van der Waals surface area contributed by atoms with Crippen molar-refractivity contribution >= 4 is 33.2 Å². The topological polar surface area (TPSA) is 37.3 Å². The fraction of sp³-hybridized carbons (Fsp3) is 0.444. The molecule has 0 bridgehead atoms. The van der Waals surface area contributed by atoms with Crippen LogP contribution >= 0.6 is 27.3 Å². The summed E-state index contributed by atoms with van der Waals surface area (Å²) in [5.41, 5.74) is 1.15. The zero-order valence-electron chi connectivity index (χ0n) is 6.92. The Kier molecular flexibility index (Phi) is 2.20. The summed E-state index contributed by atoms with van der Waals surface area (Å²) < 4.78 is 1.08. The third-order valence-corrected chi connectivity index (χ3v) is 4.03. The van der Waals surface area contributed by atoms with Gasteiger partial charge in [0, 0.05) is 5.41 Å². The molecule has 1 saturated carbocycles. The molecule has 1 fully saturated rings. The van der Waals surface area contributed by atoms with E-state index >= 15 is 0 Å². The maximum absolute atomic E-state index is 10.6. The Morgan fingerprint density at radius 1 is 1.69 bits per heavy atom. The predicted octanol–water partition coefficient (Wildman–Crippen LogP) is 3.02. The minimum atomic E-state index is -0.695. The molecule has 1 aliphatic rings. The van der Waals surface area contributed by atoms with Gasteiger partial charge in [0.2, 0.25) is 0 Å². The van der Waals surface area contributed by atoms with E-state index < -0.39 is 5.97 Å². The van der Waals surface area contributed by atoms with E-state index in [0.29, 0.717) is 0 Å². The molecule has 1 aliphatic carbocycles. The number of halogens is 1. The normalized spacial score (nSPS) is 18.5. The molecule has 0 spiro atoms. The number of carboxylic acids is 1. The lowest BCUT2D eigenvalue weighted by molar-refractivity contribution is -0.137. The van der Waals surface area contributed by atoms with Gasteiger partial charge in [-0.25, -0.2) is 0 Å². The van der Waals surface area contributed by atoms with Gasteiger partial charge < -0.3 is 5.11 Å². The first kappa shape index (κ1) is 9.21. The molecular formula is C9H9BrO2S. The lowest BCUT2D eigenvalue weighted by atomic mass is 9.95. The first-order valence-corrected chi connectivity index (χ1v) is 5.76. The van der Waals surface area contributed by atoms with E-state index in [0.717, 1.165) is 16.6 Å². The van der Waals surface area contributed by atoms with Crippen LogP contribution in [0.2, 0.25) is 0 Å². The molecule has 13 heavy (non-hydrogen) atoms. The molecular weight excluding hydrogens is 252 g/mol. The van der Waals surface area contributed by atoms with E-state index in [2.05, 4.69) is 21.3 Å². The van der Waals surface area contributed by atoms with Crippen molar-refractivity contribution in [2.75, 3.05) is 0 Å². The van der Waals surface area contributed by atoms with Crippen molar-refractivity contribution in [2.24, 2.45) is 0 Å². The van der Waals surface area contributed by atoms with E-state index in [1.165, 1.54) is 5.56 Å². The highest BCUT2D eigenvalue weighted by Crippen LogP contribution is 2.52. The number of rotatable bonds is 3. The number of hydrogen-bond donors (Lipinski definition) is 1. The van der Waals surface area contributed by atoms with Gasteiger partial charge in [-0.2, -0.15) is 0 Å². The fourth-order valence-corrected chi connectivity index (χ4v) is 2.88. The van der Waals surface area contributed by atoms with Gasteiger partial charge in [-0.05, 0) is 45.8 Å². The highest BCUT2D eigenvalue weighted by Gasteiger charge is 2.46. The lowest BCUT2D eigenvalue weighted by Gasteiger charge is -2.09. The molecule has 1 aromatic rings. The van der Waals surface area contributed by atoms with E-state index in [-0.39, 0.29) is 11.8 Å². The Morgan fingerprint density at radius 2 is 2.38 bits per heavy atom. The lowest BCUT2D eigenvalue weighted by Crippen LogP contribution is -2.11. The standard InChI is InChI=1S/C9H9BrO2S/c10-7-3-6(5-13-7)9(1-2-9)4-8(11)12/h3,5H,1-2,4H2,(H,11,12). The van der Waals surface area contributed by atoms with E-state index in [1.54, 1.807) is 11.3 Å². The molecule has 0 amide bonds. The van der Waals surface area contributed by atoms with Crippen molar-refractivity contribution in [1.29, 1.82) is 0 Å². The molecule has 0 aromatic carbocycles. The van der Waals surface area contributed by atoms with Crippen LogP contribution in [0.25, 0.3) is 0 Å². The van der Waals surface area contributed by atoms with Crippen molar-refractivity contribution < 1.29 is 9.90 Å². The van der Waals surface area contributed by atoms with Gasteiger partial charge in [0.15, 0.2) is 0 Å². The molecule has 4 heteroatoms. The molecule has 0 atom stereocenters. The van der Waals surface area contributed by atoms with Crippen molar-refractivity contribution in [3.8, 4) is 0 Å². The summed E-state index contributed by atoms with van der Waals surface area (Å²) >= 11 is 5.01. The van der Waals surface area contributed by atoms with Crippen LogP contribution in [-0.4, -0.2) is 11.1 Å².